The van der Waals surface area contributed by atoms with Gasteiger partial charge in [0.1, 0.15) is 5.75 Å². The second kappa shape index (κ2) is 7.93. The normalized spacial score (nSPS) is 13.8. The summed E-state index contributed by atoms with van der Waals surface area (Å²) in [5.41, 5.74) is -0.335. The number of hydrogen-bond donors (Lipinski definition) is 1. The minimum atomic E-state index is -2.92. The van der Waals surface area contributed by atoms with Gasteiger partial charge < -0.3 is 14.8 Å². The standard InChI is InChI=1S/C15H21F2NO3/c1-4-9-18-15(2,10-13(19)20-3)11-7-5-6-8-12(11)21-14(16)17/h5-8,14,18H,4,9-10H2,1-3H3. The van der Waals surface area contributed by atoms with Crippen molar-refractivity contribution in [2.24, 2.45) is 0 Å². The number of methoxy groups -OCH3 is 1. The number of esters is 1. The minimum Gasteiger partial charge on any atom is -0.469 e. The molecule has 0 saturated heterocycles. The van der Waals surface area contributed by atoms with E-state index in [9.17, 15) is 13.6 Å². The van der Waals surface area contributed by atoms with Crippen LogP contribution in [0.2, 0.25) is 0 Å². The predicted octanol–water partition coefficient (Wildman–Crippen LogP) is 3.07. The SMILES string of the molecule is CCCNC(C)(CC(=O)OC)c1ccccc1OC(F)F. The highest BCUT2D eigenvalue weighted by Crippen LogP contribution is 2.33. The van der Waals surface area contributed by atoms with Gasteiger partial charge in [0.15, 0.2) is 0 Å². The van der Waals surface area contributed by atoms with E-state index in [1.165, 1.54) is 13.2 Å². The van der Waals surface area contributed by atoms with Crippen LogP contribution in [0.15, 0.2) is 24.3 Å². The van der Waals surface area contributed by atoms with Gasteiger partial charge in [0.25, 0.3) is 0 Å². The quantitative estimate of drug-likeness (QED) is 0.750. The van der Waals surface area contributed by atoms with Crippen molar-refractivity contribution in [1.82, 2.24) is 5.32 Å². The van der Waals surface area contributed by atoms with Crippen LogP contribution in [-0.4, -0.2) is 26.2 Å². The van der Waals surface area contributed by atoms with E-state index in [4.69, 9.17) is 4.74 Å². The first-order valence-corrected chi connectivity index (χ1v) is 6.79. The summed E-state index contributed by atoms with van der Waals surface area (Å²) in [5, 5.41) is 3.22. The van der Waals surface area contributed by atoms with E-state index < -0.39 is 18.1 Å². The lowest BCUT2D eigenvalue weighted by Crippen LogP contribution is -2.42. The van der Waals surface area contributed by atoms with Gasteiger partial charge in [0.2, 0.25) is 0 Å². The molecule has 1 aromatic rings. The zero-order valence-corrected chi connectivity index (χ0v) is 12.5. The maximum atomic E-state index is 12.5. The van der Waals surface area contributed by atoms with Crippen molar-refractivity contribution < 1.29 is 23.0 Å². The predicted molar refractivity (Wildman–Crippen MR) is 75.4 cm³/mol. The number of rotatable bonds is 8. The average Bonchev–Trinajstić information content (AvgIpc) is 2.45. The van der Waals surface area contributed by atoms with E-state index in [0.29, 0.717) is 12.1 Å². The van der Waals surface area contributed by atoms with Gasteiger partial charge in [-0.15, -0.1) is 0 Å². The Morgan fingerprint density at radius 2 is 2.05 bits per heavy atom. The Kier molecular flexibility index (Phi) is 6.55. The molecule has 0 bridgehead atoms. The van der Waals surface area contributed by atoms with Gasteiger partial charge in [0, 0.05) is 5.56 Å². The van der Waals surface area contributed by atoms with Crippen molar-refractivity contribution in [1.29, 1.82) is 0 Å². The van der Waals surface area contributed by atoms with Gasteiger partial charge in [-0.05, 0) is 26.0 Å². The molecule has 4 nitrogen and oxygen atoms in total. The zero-order chi connectivity index (χ0) is 15.9. The van der Waals surface area contributed by atoms with Gasteiger partial charge in [0.05, 0.1) is 19.1 Å². The molecule has 0 heterocycles. The maximum absolute atomic E-state index is 12.5. The summed E-state index contributed by atoms with van der Waals surface area (Å²) >= 11 is 0. The van der Waals surface area contributed by atoms with Crippen LogP contribution in [0, 0.1) is 0 Å². The molecule has 0 aliphatic rings. The topological polar surface area (TPSA) is 47.6 Å². The fourth-order valence-corrected chi connectivity index (χ4v) is 2.14. The number of alkyl halides is 2. The molecule has 1 N–H and O–H groups in total. The van der Waals surface area contributed by atoms with Crippen molar-refractivity contribution in [3.63, 3.8) is 0 Å². The molecule has 0 fully saturated rings. The first-order chi connectivity index (χ1) is 9.92. The molecule has 0 aromatic heterocycles. The second-order valence-electron chi connectivity index (χ2n) is 4.89. The molecule has 1 atom stereocenters. The second-order valence-corrected chi connectivity index (χ2v) is 4.89. The Bertz CT molecular complexity index is 468. The Hall–Kier alpha value is -1.69. The summed E-state index contributed by atoms with van der Waals surface area (Å²) in [7, 11) is 1.30. The number of halogens is 2. The van der Waals surface area contributed by atoms with Crippen LogP contribution in [0.4, 0.5) is 8.78 Å². The van der Waals surface area contributed by atoms with E-state index in [1.807, 2.05) is 6.92 Å². The van der Waals surface area contributed by atoms with Crippen LogP contribution < -0.4 is 10.1 Å². The largest absolute Gasteiger partial charge is 0.469 e. The fourth-order valence-electron chi connectivity index (χ4n) is 2.14. The highest BCUT2D eigenvalue weighted by Gasteiger charge is 2.32. The summed E-state index contributed by atoms with van der Waals surface area (Å²) in [5.74, 6) is -0.365. The Morgan fingerprint density at radius 1 is 1.38 bits per heavy atom. The van der Waals surface area contributed by atoms with Crippen molar-refractivity contribution in [2.75, 3.05) is 13.7 Å². The molecule has 118 valence electrons. The fraction of sp³-hybridized carbons (Fsp3) is 0.533. The number of benzene rings is 1. The number of ether oxygens (including phenoxy) is 2. The van der Waals surface area contributed by atoms with Crippen molar-refractivity contribution in [3.8, 4) is 5.75 Å². The van der Waals surface area contributed by atoms with E-state index >= 15 is 0 Å². The molecule has 1 rings (SSSR count). The van der Waals surface area contributed by atoms with E-state index in [2.05, 4.69) is 10.1 Å². The number of carbonyl (C=O) groups is 1. The van der Waals surface area contributed by atoms with Crippen LogP contribution in [0.5, 0.6) is 5.75 Å². The van der Waals surface area contributed by atoms with Crippen LogP contribution in [0.3, 0.4) is 0 Å². The van der Waals surface area contributed by atoms with Crippen LogP contribution in [-0.2, 0) is 15.1 Å². The molecule has 0 aliphatic heterocycles. The zero-order valence-electron chi connectivity index (χ0n) is 12.5. The van der Waals surface area contributed by atoms with Crippen molar-refractivity contribution >= 4 is 5.97 Å². The first-order valence-electron chi connectivity index (χ1n) is 6.79. The van der Waals surface area contributed by atoms with Gasteiger partial charge in [-0.2, -0.15) is 8.78 Å². The van der Waals surface area contributed by atoms with E-state index in [0.717, 1.165) is 6.42 Å². The number of hydrogen-bond acceptors (Lipinski definition) is 4. The molecular weight excluding hydrogens is 280 g/mol. The smallest absolute Gasteiger partial charge is 0.387 e. The summed E-state index contributed by atoms with van der Waals surface area (Å²) in [6.07, 6.45) is 0.863. The van der Waals surface area contributed by atoms with Gasteiger partial charge >= 0.3 is 12.6 Å². The molecule has 0 spiro atoms. The molecule has 0 aliphatic carbocycles. The summed E-state index contributed by atoms with van der Waals surface area (Å²) in [6.45, 7) is 1.47. The molecule has 6 heteroatoms. The van der Waals surface area contributed by atoms with Crippen molar-refractivity contribution in [3.05, 3.63) is 29.8 Å². The van der Waals surface area contributed by atoms with Crippen LogP contribution in [0.25, 0.3) is 0 Å². The van der Waals surface area contributed by atoms with Crippen LogP contribution in [0.1, 0.15) is 32.3 Å². The van der Waals surface area contributed by atoms with Gasteiger partial charge in [-0.25, -0.2) is 0 Å². The van der Waals surface area contributed by atoms with Crippen LogP contribution >= 0.6 is 0 Å². The third kappa shape index (κ3) is 4.97. The van der Waals surface area contributed by atoms with Crippen molar-refractivity contribution in [2.45, 2.75) is 38.8 Å². The molecule has 0 saturated carbocycles. The lowest BCUT2D eigenvalue weighted by molar-refractivity contribution is -0.142. The molecule has 1 unspecified atom stereocenters. The number of nitrogens with one attached hydrogen (secondary N) is 1. The summed E-state index contributed by atoms with van der Waals surface area (Å²) in [4.78, 5) is 11.6. The molecule has 0 radical (unpaired) electrons. The Labute approximate surface area is 123 Å². The van der Waals surface area contributed by atoms with E-state index in [1.54, 1.807) is 25.1 Å². The molecule has 21 heavy (non-hydrogen) atoms. The average molecular weight is 301 g/mol. The lowest BCUT2D eigenvalue weighted by atomic mass is 9.87. The third-order valence-electron chi connectivity index (χ3n) is 3.19. The first kappa shape index (κ1) is 17.4. The number of carbonyl (C=O) groups excluding carboxylic acids is 1. The minimum absolute atomic E-state index is 0.0209. The molecule has 1 aromatic carbocycles. The molecular formula is C15H21F2NO3. The Balaban J connectivity index is 3.15. The Morgan fingerprint density at radius 3 is 2.62 bits per heavy atom. The maximum Gasteiger partial charge on any atom is 0.387 e. The highest BCUT2D eigenvalue weighted by molar-refractivity contribution is 5.71. The summed E-state index contributed by atoms with van der Waals surface area (Å²) < 4.78 is 34.3. The lowest BCUT2D eigenvalue weighted by Gasteiger charge is -2.32. The number of para-hydroxylation sites is 1. The monoisotopic (exact) mass is 301 g/mol. The highest BCUT2D eigenvalue weighted by atomic mass is 19.3. The molecule has 0 amide bonds. The third-order valence-corrected chi connectivity index (χ3v) is 3.19. The van der Waals surface area contributed by atoms with Gasteiger partial charge in [-0.3, -0.25) is 4.79 Å². The van der Waals surface area contributed by atoms with Gasteiger partial charge in [-0.1, -0.05) is 25.1 Å². The summed E-state index contributed by atoms with van der Waals surface area (Å²) in [6, 6.07) is 6.46. The van der Waals surface area contributed by atoms with E-state index in [-0.39, 0.29) is 12.2 Å².